The lowest BCUT2D eigenvalue weighted by Gasteiger charge is -2.03. The van der Waals surface area contributed by atoms with Crippen molar-refractivity contribution >= 4 is 38.6 Å². The van der Waals surface area contributed by atoms with E-state index in [-0.39, 0.29) is 10.9 Å². The molecule has 17 heavy (non-hydrogen) atoms. The van der Waals surface area contributed by atoms with Crippen molar-refractivity contribution in [3.05, 3.63) is 28.4 Å². The van der Waals surface area contributed by atoms with E-state index in [0.717, 1.165) is 6.08 Å². The number of aliphatic imine (C=N–C) groups is 1. The van der Waals surface area contributed by atoms with Gasteiger partial charge in [-0.25, -0.2) is 4.79 Å². The number of hydrogen-bond acceptors (Lipinski definition) is 2. The lowest BCUT2D eigenvalue weighted by molar-refractivity contribution is -0.140. The molecule has 0 fully saturated rings. The Bertz CT molecular complexity index is 626. The van der Waals surface area contributed by atoms with Crippen LogP contribution in [-0.4, -0.2) is 11.1 Å². The van der Waals surface area contributed by atoms with Crippen molar-refractivity contribution in [1.82, 2.24) is 4.98 Å². The van der Waals surface area contributed by atoms with Crippen LogP contribution in [0.4, 0.5) is 18.9 Å². The highest BCUT2D eigenvalue weighted by Gasteiger charge is 2.36. The van der Waals surface area contributed by atoms with Crippen molar-refractivity contribution in [3.8, 4) is 0 Å². The van der Waals surface area contributed by atoms with Crippen LogP contribution in [-0.2, 0) is 11.0 Å². The molecule has 0 aliphatic carbocycles. The van der Waals surface area contributed by atoms with Gasteiger partial charge in [0.05, 0.1) is 0 Å². The summed E-state index contributed by atoms with van der Waals surface area (Å²) in [5, 5.41) is 0.218. The lowest BCUT2D eigenvalue weighted by atomic mass is 10.2. The minimum absolute atomic E-state index is 0.218. The number of H-pyrrole nitrogens is 1. The first kappa shape index (κ1) is 11.9. The van der Waals surface area contributed by atoms with Gasteiger partial charge >= 0.3 is 6.18 Å². The highest BCUT2D eigenvalue weighted by molar-refractivity contribution is 9.10. The van der Waals surface area contributed by atoms with Crippen LogP contribution in [0.2, 0.25) is 0 Å². The molecule has 2 aromatic rings. The molecule has 0 saturated carbocycles. The Kier molecular flexibility index (Phi) is 2.81. The van der Waals surface area contributed by atoms with Crippen LogP contribution in [0, 0.1) is 0 Å². The molecule has 0 amide bonds. The molecule has 3 nitrogen and oxygen atoms in total. The summed E-state index contributed by atoms with van der Waals surface area (Å²) in [5.41, 5.74) is -1.23. The highest BCUT2D eigenvalue weighted by Crippen LogP contribution is 2.41. The Labute approximate surface area is 101 Å². The monoisotopic (exact) mass is 304 g/mol. The standard InChI is InChI=1S/C10H4BrF3N2O/c11-5-1-2-7-6(3-5)8(15-4-17)9(16-7)10(12,13)14/h1-3,16H. The zero-order valence-corrected chi connectivity index (χ0v) is 9.69. The summed E-state index contributed by atoms with van der Waals surface area (Å²) < 4.78 is 38.6. The normalized spacial score (nSPS) is 11.5. The Morgan fingerprint density at radius 1 is 1.35 bits per heavy atom. The number of aromatic amines is 1. The molecule has 0 atom stereocenters. The van der Waals surface area contributed by atoms with Gasteiger partial charge in [0, 0.05) is 15.4 Å². The summed E-state index contributed by atoms with van der Waals surface area (Å²) in [5.74, 6) is 0. The Balaban J connectivity index is 2.85. The molecule has 0 bridgehead atoms. The number of hydrogen-bond donors (Lipinski definition) is 1. The first-order valence-corrected chi connectivity index (χ1v) is 5.19. The SMILES string of the molecule is O=C=Nc1c(C(F)(F)F)[nH]c2ccc(Br)cc12. The smallest absolute Gasteiger partial charge is 0.349 e. The van der Waals surface area contributed by atoms with E-state index in [2.05, 4.69) is 25.9 Å². The first-order valence-electron chi connectivity index (χ1n) is 4.40. The van der Waals surface area contributed by atoms with Crippen molar-refractivity contribution in [2.24, 2.45) is 4.99 Å². The van der Waals surface area contributed by atoms with Gasteiger partial charge < -0.3 is 4.98 Å². The van der Waals surface area contributed by atoms with E-state index in [0.29, 0.717) is 4.47 Å². The molecule has 1 N–H and O–H groups in total. The third-order valence-corrected chi connectivity index (χ3v) is 2.67. The molecule has 0 aliphatic rings. The van der Waals surface area contributed by atoms with Crippen molar-refractivity contribution in [2.45, 2.75) is 6.18 Å². The van der Waals surface area contributed by atoms with Gasteiger partial charge in [0.2, 0.25) is 6.08 Å². The number of nitrogens with one attached hydrogen (secondary N) is 1. The maximum Gasteiger partial charge on any atom is 0.433 e. The number of fused-ring (bicyclic) bond motifs is 1. The lowest BCUT2D eigenvalue weighted by Crippen LogP contribution is -2.05. The first-order chi connectivity index (χ1) is 7.93. The van der Waals surface area contributed by atoms with E-state index in [9.17, 15) is 18.0 Å². The van der Waals surface area contributed by atoms with Gasteiger partial charge in [0.25, 0.3) is 0 Å². The summed E-state index contributed by atoms with van der Waals surface area (Å²) in [4.78, 5) is 15.5. The van der Waals surface area contributed by atoms with Crippen LogP contribution in [0.3, 0.4) is 0 Å². The molecule has 0 aliphatic heterocycles. The predicted octanol–water partition coefficient (Wildman–Crippen LogP) is 3.92. The van der Waals surface area contributed by atoms with E-state index < -0.39 is 17.6 Å². The number of nitrogens with zero attached hydrogens (tertiary/aromatic N) is 1. The number of benzene rings is 1. The molecule has 1 heterocycles. The quantitative estimate of drug-likeness (QED) is 0.630. The molecule has 7 heteroatoms. The maximum atomic E-state index is 12.7. The number of carbonyl (C=O) groups excluding carboxylic acids is 1. The van der Waals surface area contributed by atoms with Crippen molar-refractivity contribution in [2.75, 3.05) is 0 Å². The summed E-state index contributed by atoms with van der Waals surface area (Å²) in [6.07, 6.45) is -3.46. The van der Waals surface area contributed by atoms with Crippen LogP contribution < -0.4 is 0 Å². The Morgan fingerprint density at radius 3 is 2.65 bits per heavy atom. The van der Waals surface area contributed by atoms with E-state index >= 15 is 0 Å². The second kappa shape index (κ2) is 4.01. The average Bonchev–Trinajstić information content (AvgIpc) is 2.57. The molecule has 1 aromatic carbocycles. The zero-order chi connectivity index (χ0) is 12.6. The predicted molar refractivity (Wildman–Crippen MR) is 58.8 cm³/mol. The topological polar surface area (TPSA) is 45.2 Å². The summed E-state index contributed by atoms with van der Waals surface area (Å²) in [6, 6.07) is 4.52. The molecule has 0 unspecified atom stereocenters. The van der Waals surface area contributed by atoms with Gasteiger partial charge in [-0.15, -0.1) is 0 Å². The van der Waals surface area contributed by atoms with Crippen molar-refractivity contribution in [1.29, 1.82) is 0 Å². The van der Waals surface area contributed by atoms with Crippen LogP contribution >= 0.6 is 15.9 Å². The Morgan fingerprint density at radius 2 is 2.06 bits per heavy atom. The molecule has 88 valence electrons. The molecule has 1 aromatic heterocycles. The second-order valence-electron chi connectivity index (χ2n) is 3.24. The van der Waals surface area contributed by atoms with Crippen molar-refractivity contribution in [3.63, 3.8) is 0 Å². The summed E-state index contributed by atoms with van der Waals surface area (Å²) in [6.45, 7) is 0. The minimum atomic E-state index is -4.60. The third-order valence-electron chi connectivity index (χ3n) is 2.17. The molecule has 0 radical (unpaired) electrons. The zero-order valence-electron chi connectivity index (χ0n) is 8.10. The summed E-state index contributed by atoms with van der Waals surface area (Å²) in [7, 11) is 0. The van der Waals surface area contributed by atoms with Gasteiger partial charge in [0.1, 0.15) is 11.4 Å². The number of halogens is 4. The number of alkyl halides is 3. The fraction of sp³-hybridized carbons (Fsp3) is 0.100. The highest BCUT2D eigenvalue weighted by atomic mass is 79.9. The fourth-order valence-electron chi connectivity index (χ4n) is 1.52. The van der Waals surface area contributed by atoms with E-state index in [1.54, 1.807) is 6.07 Å². The average molecular weight is 305 g/mol. The number of isocyanates is 1. The molecule has 2 rings (SSSR count). The van der Waals surface area contributed by atoms with Crippen molar-refractivity contribution < 1.29 is 18.0 Å². The summed E-state index contributed by atoms with van der Waals surface area (Å²) >= 11 is 3.14. The minimum Gasteiger partial charge on any atom is -0.349 e. The van der Waals surface area contributed by atoms with E-state index in [4.69, 9.17) is 0 Å². The van der Waals surface area contributed by atoms with Gasteiger partial charge in [-0.1, -0.05) is 15.9 Å². The third kappa shape index (κ3) is 2.11. The van der Waals surface area contributed by atoms with Crippen LogP contribution in [0.15, 0.2) is 27.7 Å². The van der Waals surface area contributed by atoms with E-state index in [1.807, 2.05) is 0 Å². The molecule has 0 saturated heterocycles. The largest absolute Gasteiger partial charge is 0.433 e. The van der Waals surface area contributed by atoms with Gasteiger partial charge in [0.15, 0.2) is 0 Å². The number of aromatic nitrogens is 1. The maximum absolute atomic E-state index is 12.7. The van der Waals surface area contributed by atoms with Gasteiger partial charge in [-0.3, -0.25) is 0 Å². The molecular weight excluding hydrogens is 301 g/mol. The Hall–Kier alpha value is -1.59. The molecule has 0 spiro atoms. The van der Waals surface area contributed by atoms with E-state index in [1.165, 1.54) is 12.1 Å². The van der Waals surface area contributed by atoms with Crippen LogP contribution in [0.1, 0.15) is 5.69 Å². The second-order valence-corrected chi connectivity index (χ2v) is 4.16. The number of rotatable bonds is 1. The van der Waals surface area contributed by atoms with Crippen LogP contribution in [0.25, 0.3) is 10.9 Å². The molecular formula is C10H4BrF3N2O. The van der Waals surface area contributed by atoms with Crippen LogP contribution in [0.5, 0.6) is 0 Å². The van der Waals surface area contributed by atoms with Gasteiger partial charge in [-0.2, -0.15) is 18.2 Å². The van der Waals surface area contributed by atoms with Gasteiger partial charge in [-0.05, 0) is 18.2 Å². The fourth-order valence-corrected chi connectivity index (χ4v) is 1.88.